The van der Waals surface area contributed by atoms with Crippen LogP contribution in [-0.4, -0.2) is 37.6 Å². The molecule has 2 rings (SSSR count). The van der Waals surface area contributed by atoms with Crippen LogP contribution in [0.4, 0.5) is 0 Å². The molecule has 1 N–H and O–H groups in total. The Balaban J connectivity index is 1.84. The molecule has 0 amide bonds. The molecule has 0 bridgehead atoms. The number of hydrogen-bond acceptors (Lipinski definition) is 2. The molecule has 96 valence electrons. The van der Waals surface area contributed by atoms with Crippen molar-refractivity contribution in [2.75, 3.05) is 32.7 Å². The van der Waals surface area contributed by atoms with Crippen molar-refractivity contribution in [3.8, 4) is 11.8 Å². The van der Waals surface area contributed by atoms with Gasteiger partial charge in [0.25, 0.3) is 0 Å². The van der Waals surface area contributed by atoms with Gasteiger partial charge in [-0.1, -0.05) is 37.3 Å². The third-order valence-corrected chi connectivity index (χ3v) is 3.24. The van der Waals surface area contributed by atoms with Crippen molar-refractivity contribution in [2.45, 2.75) is 19.8 Å². The maximum atomic E-state index is 3.35. The first kappa shape index (κ1) is 13.1. The van der Waals surface area contributed by atoms with E-state index in [1.54, 1.807) is 0 Å². The standard InChI is InChI=1S/C16H22N2/c1-2-4-15-6-8-16(9-7-15)5-3-12-18-13-10-17-11-14-18/h6-9,17H,2,4,10-14H2,1H3. The second-order valence-corrected chi connectivity index (χ2v) is 4.77. The van der Waals surface area contributed by atoms with Gasteiger partial charge in [0.05, 0.1) is 6.54 Å². The SMILES string of the molecule is CCCc1ccc(C#CCN2CCNCC2)cc1. The molecule has 1 saturated heterocycles. The molecule has 2 heteroatoms. The number of benzene rings is 1. The van der Waals surface area contributed by atoms with Gasteiger partial charge in [-0.15, -0.1) is 0 Å². The van der Waals surface area contributed by atoms with Gasteiger partial charge in [0.15, 0.2) is 0 Å². The van der Waals surface area contributed by atoms with Crippen LogP contribution in [0, 0.1) is 11.8 Å². The maximum Gasteiger partial charge on any atom is 0.0606 e. The predicted octanol–water partition coefficient (Wildman–Crippen LogP) is 1.90. The van der Waals surface area contributed by atoms with E-state index in [0.717, 1.165) is 44.7 Å². The fourth-order valence-electron chi connectivity index (χ4n) is 2.17. The van der Waals surface area contributed by atoms with E-state index < -0.39 is 0 Å². The average molecular weight is 242 g/mol. The van der Waals surface area contributed by atoms with Crippen LogP contribution in [0.5, 0.6) is 0 Å². The minimum atomic E-state index is 0.887. The zero-order valence-corrected chi connectivity index (χ0v) is 11.2. The highest BCUT2D eigenvalue weighted by Crippen LogP contribution is 2.05. The van der Waals surface area contributed by atoms with E-state index in [2.05, 4.69) is 53.2 Å². The molecule has 1 aliphatic rings. The molecular weight excluding hydrogens is 220 g/mol. The van der Waals surface area contributed by atoms with E-state index in [1.807, 2.05) is 0 Å². The van der Waals surface area contributed by atoms with E-state index in [-0.39, 0.29) is 0 Å². The Kier molecular flexibility index (Phi) is 5.26. The van der Waals surface area contributed by atoms with Crippen molar-refractivity contribution >= 4 is 0 Å². The lowest BCUT2D eigenvalue weighted by atomic mass is 10.1. The number of nitrogens with zero attached hydrogens (tertiary/aromatic N) is 1. The van der Waals surface area contributed by atoms with Gasteiger partial charge in [0.1, 0.15) is 0 Å². The van der Waals surface area contributed by atoms with Crippen molar-refractivity contribution in [2.24, 2.45) is 0 Å². The van der Waals surface area contributed by atoms with Gasteiger partial charge in [-0.3, -0.25) is 4.90 Å². The Morgan fingerprint density at radius 3 is 2.56 bits per heavy atom. The molecule has 1 aliphatic heterocycles. The molecule has 18 heavy (non-hydrogen) atoms. The second kappa shape index (κ2) is 7.20. The van der Waals surface area contributed by atoms with Crippen molar-refractivity contribution < 1.29 is 0 Å². The molecule has 0 spiro atoms. The monoisotopic (exact) mass is 242 g/mol. The van der Waals surface area contributed by atoms with Crippen LogP contribution in [0.15, 0.2) is 24.3 Å². The van der Waals surface area contributed by atoms with Crippen LogP contribution < -0.4 is 5.32 Å². The van der Waals surface area contributed by atoms with Gasteiger partial charge in [0, 0.05) is 31.7 Å². The first-order valence-corrected chi connectivity index (χ1v) is 6.89. The lowest BCUT2D eigenvalue weighted by molar-refractivity contribution is 0.268. The van der Waals surface area contributed by atoms with Gasteiger partial charge >= 0.3 is 0 Å². The van der Waals surface area contributed by atoms with E-state index in [4.69, 9.17) is 0 Å². The Morgan fingerprint density at radius 2 is 1.89 bits per heavy atom. The van der Waals surface area contributed by atoms with Gasteiger partial charge in [-0.2, -0.15) is 0 Å². The molecule has 0 aromatic heterocycles. The van der Waals surface area contributed by atoms with Crippen molar-refractivity contribution in [3.63, 3.8) is 0 Å². The summed E-state index contributed by atoms with van der Waals surface area (Å²) in [6.45, 7) is 7.51. The minimum absolute atomic E-state index is 0.887. The molecule has 0 atom stereocenters. The number of piperazine rings is 1. The molecule has 1 fully saturated rings. The molecule has 0 radical (unpaired) electrons. The predicted molar refractivity (Wildman–Crippen MR) is 76.6 cm³/mol. The van der Waals surface area contributed by atoms with E-state index >= 15 is 0 Å². The molecule has 0 unspecified atom stereocenters. The second-order valence-electron chi connectivity index (χ2n) is 4.77. The van der Waals surface area contributed by atoms with E-state index in [9.17, 15) is 0 Å². The summed E-state index contributed by atoms with van der Waals surface area (Å²) in [5, 5.41) is 3.35. The summed E-state index contributed by atoms with van der Waals surface area (Å²) in [4.78, 5) is 2.40. The third-order valence-electron chi connectivity index (χ3n) is 3.24. The Labute approximate surface area is 110 Å². The van der Waals surface area contributed by atoms with Crippen LogP contribution in [0.3, 0.4) is 0 Å². The van der Waals surface area contributed by atoms with Crippen LogP contribution >= 0.6 is 0 Å². The highest BCUT2D eigenvalue weighted by atomic mass is 15.2. The van der Waals surface area contributed by atoms with Gasteiger partial charge in [-0.25, -0.2) is 0 Å². The van der Waals surface area contributed by atoms with Crippen LogP contribution in [0.25, 0.3) is 0 Å². The summed E-state index contributed by atoms with van der Waals surface area (Å²) in [5.74, 6) is 6.52. The summed E-state index contributed by atoms with van der Waals surface area (Å²) >= 11 is 0. The molecule has 1 heterocycles. The topological polar surface area (TPSA) is 15.3 Å². The first-order chi connectivity index (χ1) is 8.88. The summed E-state index contributed by atoms with van der Waals surface area (Å²) in [6, 6.07) is 8.65. The Morgan fingerprint density at radius 1 is 1.17 bits per heavy atom. The molecule has 1 aromatic carbocycles. The van der Waals surface area contributed by atoms with Crippen molar-refractivity contribution in [1.82, 2.24) is 10.2 Å². The lowest BCUT2D eigenvalue weighted by Crippen LogP contribution is -2.43. The summed E-state index contributed by atoms with van der Waals surface area (Å²) < 4.78 is 0. The largest absolute Gasteiger partial charge is 0.314 e. The quantitative estimate of drug-likeness (QED) is 0.814. The van der Waals surface area contributed by atoms with E-state index in [0.29, 0.717) is 0 Å². The summed E-state index contributed by atoms with van der Waals surface area (Å²) in [7, 11) is 0. The molecule has 1 aromatic rings. The fourth-order valence-corrected chi connectivity index (χ4v) is 2.17. The number of aryl methyl sites for hydroxylation is 1. The van der Waals surface area contributed by atoms with Crippen molar-refractivity contribution in [3.05, 3.63) is 35.4 Å². The highest BCUT2D eigenvalue weighted by molar-refractivity contribution is 5.36. The zero-order valence-electron chi connectivity index (χ0n) is 11.2. The third kappa shape index (κ3) is 4.18. The lowest BCUT2D eigenvalue weighted by Gasteiger charge is -2.24. The molecule has 0 saturated carbocycles. The maximum absolute atomic E-state index is 3.35. The smallest absolute Gasteiger partial charge is 0.0606 e. The molecule has 0 aliphatic carbocycles. The number of rotatable bonds is 3. The Bertz CT molecular complexity index is 405. The van der Waals surface area contributed by atoms with Gasteiger partial charge in [-0.05, 0) is 24.1 Å². The molecule has 2 nitrogen and oxygen atoms in total. The number of hydrogen-bond donors (Lipinski definition) is 1. The highest BCUT2D eigenvalue weighted by Gasteiger charge is 2.06. The van der Waals surface area contributed by atoms with Crippen LogP contribution in [-0.2, 0) is 6.42 Å². The minimum Gasteiger partial charge on any atom is -0.314 e. The Hall–Kier alpha value is -1.30. The number of nitrogens with one attached hydrogen (secondary N) is 1. The van der Waals surface area contributed by atoms with Crippen LogP contribution in [0.2, 0.25) is 0 Å². The molecular formula is C16H22N2. The van der Waals surface area contributed by atoms with Crippen molar-refractivity contribution in [1.29, 1.82) is 0 Å². The van der Waals surface area contributed by atoms with Gasteiger partial charge < -0.3 is 5.32 Å². The zero-order chi connectivity index (χ0) is 12.6. The van der Waals surface area contributed by atoms with Crippen LogP contribution in [0.1, 0.15) is 24.5 Å². The van der Waals surface area contributed by atoms with E-state index in [1.165, 1.54) is 12.0 Å². The van der Waals surface area contributed by atoms with Gasteiger partial charge in [0.2, 0.25) is 0 Å². The summed E-state index contributed by atoms with van der Waals surface area (Å²) in [5.41, 5.74) is 2.54. The first-order valence-electron chi connectivity index (χ1n) is 6.89. The average Bonchev–Trinajstić information content (AvgIpc) is 2.42. The fraction of sp³-hybridized carbons (Fsp3) is 0.500. The normalized spacial score (nSPS) is 16.1. The summed E-state index contributed by atoms with van der Waals surface area (Å²) in [6.07, 6.45) is 2.36.